The maximum atomic E-state index is 11.8. The first-order chi connectivity index (χ1) is 13.8. The van der Waals surface area contributed by atoms with Crippen LogP contribution in [0.1, 0.15) is 42.3 Å². The summed E-state index contributed by atoms with van der Waals surface area (Å²) in [4.78, 5) is 11.8. The molecule has 0 atom stereocenters. The largest absolute Gasteiger partial charge is 0.497 e. The summed E-state index contributed by atoms with van der Waals surface area (Å²) in [6.45, 7) is 6.81. The Morgan fingerprint density at radius 3 is 2.24 bits per heavy atom. The highest BCUT2D eigenvalue weighted by atomic mass is 16.5. The van der Waals surface area contributed by atoms with Crippen molar-refractivity contribution >= 4 is 5.97 Å². The van der Waals surface area contributed by atoms with Crippen LogP contribution in [0.2, 0.25) is 0 Å². The van der Waals surface area contributed by atoms with E-state index in [1.165, 1.54) is 5.56 Å². The van der Waals surface area contributed by atoms with Crippen LogP contribution in [0, 0.1) is 0 Å². The van der Waals surface area contributed by atoms with E-state index in [4.69, 9.17) is 9.47 Å². The van der Waals surface area contributed by atoms with E-state index in [-0.39, 0.29) is 11.0 Å². The first-order valence-corrected chi connectivity index (χ1v) is 9.52. The standard InChI is InChI=1S/C25H26O4/c1-25(2,3)20-11-8-17(9-12-20)16-29-23-13-10-19(15-22(23)24(26)27)18-6-5-7-21(14-18)28-4/h5-15H,16H2,1-4H3,(H,26,27). The zero-order chi connectivity index (χ0) is 21.0. The summed E-state index contributed by atoms with van der Waals surface area (Å²) in [7, 11) is 1.60. The second-order valence-electron chi connectivity index (χ2n) is 7.98. The highest BCUT2D eigenvalue weighted by Crippen LogP contribution is 2.30. The second-order valence-corrected chi connectivity index (χ2v) is 7.98. The van der Waals surface area contributed by atoms with Crippen molar-refractivity contribution in [3.8, 4) is 22.6 Å². The zero-order valence-corrected chi connectivity index (χ0v) is 17.2. The fourth-order valence-electron chi connectivity index (χ4n) is 3.07. The average molecular weight is 390 g/mol. The lowest BCUT2D eigenvalue weighted by Gasteiger charge is -2.19. The van der Waals surface area contributed by atoms with E-state index in [9.17, 15) is 9.90 Å². The molecule has 0 saturated heterocycles. The summed E-state index contributed by atoms with van der Waals surface area (Å²) in [5.41, 5.74) is 4.14. The number of hydrogen-bond acceptors (Lipinski definition) is 3. The van der Waals surface area contributed by atoms with Crippen LogP contribution in [0.5, 0.6) is 11.5 Å². The lowest BCUT2D eigenvalue weighted by atomic mass is 9.87. The molecule has 0 spiro atoms. The van der Waals surface area contributed by atoms with Gasteiger partial charge >= 0.3 is 5.97 Å². The molecule has 150 valence electrons. The number of aromatic carboxylic acids is 1. The molecule has 0 radical (unpaired) electrons. The molecule has 1 N–H and O–H groups in total. The van der Waals surface area contributed by atoms with Crippen LogP contribution >= 0.6 is 0 Å². The molecule has 0 heterocycles. The van der Waals surface area contributed by atoms with Gasteiger partial charge in [-0.05, 0) is 51.9 Å². The van der Waals surface area contributed by atoms with E-state index in [0.29, 0.717) is 12.4 Å². The van der Waals surface area contributed by atoms with E-state index >= 15 is 0 Å². The molecular formula is C25H26O4. The van der Waals surface area contributed by atoms with Crippen LogP contribution in [0.25, 0.3) is 11.1 Å². The molecule has 4 nitrogen and oxygen atoms in total. The van der Waals surface area contributed by atoms with Gasteiger partial charge in [0, 0.05) is 0 Å². The summed E-state index contributed by atoms with van der Waals surface area (Å²) < 4.78 is 11.1. The Balaban J connectivity index is 1.81. The molecule has 0 aliphatic carbocycles. The third kappa shape index (κ3) is 4.96. The number of carboxylic acid groups (broad SMARTS) is 1. The SMILES string of the molecule is COc1cccc(-c2ccc(OCc3ccc(C(C)(C)C)cc3)c(C(=O)O)c2)c1. The normalized spacial score (nSPS) is 11.2. The number of carbonyl (C=O) groups is 1. The molecule has 3 rings (SSSR count). The number of hydrogen-bond donors (Lipinski definition) is 1. The second kappa shape index (κ2) is 8.39. The highest BCUT2D eigenvalue weighted by molar-refractivity contribution is 5.92. The van der Waals surface area contributed by atoms with Gasteiger partial charge in [-0.15, -0.1) is 0 Å². The number of rotatable bonds is 6. The Morgan fingerprint density at radius 1 is 0.931 bits per heavy atom. The van der Waals surface area contributed by atoms with Gasteiger partial charge in [-0.25, -0.2) is 4.79 Å². The van der Waals surface area contributed by atoms with Gasteiger partial charge in [0.15, 0.2) is 0 Å². The number of ether oxygens (including phenoxy) is 2. The smallest absolute Gasteiger partial charge is 0.339 e. The molecule has 4 heteroatoms. The Hall–Kier alpha value is -3.27. The van der Waals surface area contributed by atoms with Gasteiger partial charge in [-0.3, -0.25) is 0 Å². The van der Waals surface area contributed by atoms with Gasteiger partial charge in [-0.1, -0.05) is 63.2 Å². The minimum Gasteiger partial charge on any atom is -0.497 e. The molecule has 0 amide bonds. The Labute approximate surface area is 171 Å². The van der Waals surface area contributed by atoms with Crippen molar-refractivity contribution in [3.05, 3.63) is 83.4 Å². The van der Waals surface area contributed by atoms with Gasteiger partial charge in [0.2, 0.25) is 0 Å². The first-order valence-electron chi connectivity index (χ1n) is 9.52. The number of carboxylic acids is 1. The zero-order valence-electron chi connectivity index (χ0n) is 17.2. The molecule has 0 unspecified atom stereocenters. The Kier molecular flexibility index (Phi) is 5.92. The fourth-order valence-corrected chi connectivity index (χ4v) is 3.07. The number of benzene rings is 3. The molecule has 0 aliphatic rings. The average Bonchev–Trinajstić information content (AvgIpc) is 2.71. The van der Waals surface area contributed by atoms with E-state index in [1.807, 2.05) is 42.5 Å². The highest BCUT2D eigenvalue weighted by Gasteiger charge is 2.15. The van der Waals surface area contributed by atoms with Crippen molar-refractivity contribution in [1.82, 2.24) is 0 Å². The molecule has 29 heavy (non-hydrogen) atoms. The van der Waals surface area contributed by atoms with E-state index < -0.39 is 5.97 Å². The summed E-state index contributed by atoms with van der Waals surface area (Å²) in [5, 5.41) is 9.66. The van der Waals surface area contributed by atoms with Crippen LogP contribution < -0.4 is 9.47 Å². The van der Waals surface area contributed by atoms with E-state index in [1.54, 1.807) is 19.2 Å². The topological polar surface area (TPSA) is 55.8 Å². The predicted octanol–water partition coefficient (Wildman–Crippen LogP) is 5.94. The summed E-state index contributed by atoms with van der Waals surface area (Å²) in [6.07, 6.45) is 0. The molecular weight excluding hydrogens is 364 g/mol. The predicted molar refractivity (Wildman–Crippen MR) is 115 cm³/mol. The minimum atomic E-state index is -1.02. The van der Waals surface area contributed by atoms with Crippen LogP contribution in [-0.2, 0) is 12.0 Å². The Morgan fingerprint density at radius 2 is 1.62 bits per heavy atom. The van der Waals surface area contributed by atoms with Gasteiger partial charge in [0.1, 0.15) is 23.7 Å². The van der Waals surface area contributed by atoms with E-state index in [0.717, 1.165) is 22.4 Å². The maximum Gasteiger partial charge on any atom is 0.339 e. The molecule has 3 aromatic carbocycles. The van der Waals surface area contributed by atoms with Gasteiger partial charge in [0.25, 0.3) is 0 Å². The maximum absolute atomic E-state index is 11.8. The Bertz CT molecular complexity index is 998. The fraction of sp³-hybridized carbons (Fsp3) is 0.240. The van der Waals surface area contributed by atoms with Crippen LogP contribution in [0.4, 0.5) is 0 Å². The number of methoxy groups -OCH3 is 1. The third-order valence-corrected chi connectivity index (χ3v) is 4.83. The summed E-state index contributed by atoms with van der Waals surface area (Å²) in [5.74, 6) is 0.0512. The van der Waals surface area contributed by atoms with Gasteiger partial charge in [-0.2, -0.15) is 0 Å². The first kappa shape index (κ1) is 20.5. The lowest BCUT2D eigenvalue weighted by molar-refractivity contribution is 0.0692. The molecule has 0 aromatic heterocycles. The van der Waals surface area contributed by atoms with Crippen molar-refractivity contribution in [2.75, 3.05) is 7.11 Å². The van der Waals surface area contributed by atoms with Crippen molar-refractivity contribution in [1.29, 1.82) is 0 Å². The van der Waals surface area contributed by atoms with Gasteiger partial charge < -0.3 is 14.6 Å². The van der Waals surface area contributed by atoms with Crippen molar-refractivity contribution in [2.24, 2.45) is 0 Å². The summed E-state index contributed by atoms with van der Waals surface area (Å²) in [6, 6.07) is 20.9. The quantitative estimate of drug-likeness (QED) is 0.566. The van der Waals surface area contributed by atoms with E-state index in [2.05, 4.69) is 32.9 Å². The third-order valence-electron chi connectivity index (χ3n) is 4.83. The monoisotopic (exact) mass is 390 g/mol. The molecule has 0 saturated carbocycles. The van der Waals surface area contributed by atoms with Crippen molar-refractivity contribution < 1.29 is 19.4 Å². The molecule has 0 fully saturated rings. The van der Waals surface area contributed by atoms with Crippen LogP contribution in [0.3, 0.4) is 0 Å². The van der Waals surface area contributed by atoms with Crippen molar-refractivity contribution in [3.63, 3.8) is 0 Å². The van der Waals surface area contributed by atoms with Crippen molar-refractivity contribution in [2.45, 2.75) is 32.8 Å². The van der Waals surface area contributed by atoms with Crippen LogP contribution in [-0.4, -0.2) is 18.2 Å². The van der Waals surface area contributed by atoms with Gasteiger partial charge in [0.05, 0.1) is 7.11 Å². The van der Waals surface area contributed by atoms with Crippen LogP contribution in [0.15, 0.2) is 66.7 Å². The lowest BCUT2D eigenvalue weighted by Crippen LogP contribution is -2.11. The minimum absolute atomic E-state index is 0.0891. The molecule has 0 bridgehead atoms. The summed E-state index contributed by atoms with van der Waals surface area (Å²) >= 11 is 0. The molecule has 0 aliphatic heterocycles. The molecule has 3 aromatic rings.